The standard InChI is InChI=1S/C18H21ClN2O5/c1-8(2)13(18(24)25)21-17(23)14-15(22)12-7-10(26-9(3)4)5-6-11(12)16(19)20-14/h5-9,13,22H,1-4H3,(H,21,23)(H,24,25). The highest BCUT2D eigenvalue weighted by molar-refractivity contribution is 6.35. The lowest BCUT2D eigenvalue weighted by Gasteiger charge is -2.18. The lowest BCUT2D eigenvalue weighted by molar-refractivity contribution is -0.140. The van der Waals surface area contributed by atoms with Crippen LogP contribution in [-0.2, 0) is 4.79 Å². The number of hydrogen-bond donors (Lipinski definition) is 3. The van der Waals surface area contributed by atoms with Crippen molar-refractivity contribution in [3.05, 3.63) is 29.0 Å². The van der Waals surface area contributed by atoms with E-state index in [4.69, 9.17) is 16.3 Å². The number of aromatic hydroxyl groups is 1. The second-order valence-electron chi connectivity index (χ2n) is 6.51. The van der Waals surface area contributed by atoms with Crippen LogP contribution in [0.4, 0.5) is 0 Å². The molecule has 0 aliphatic heterocycles. The summed E-state index contributed by atoms with van der Waals surface area (Å²) in [7, 11) is 0. The van der Waals surface area contributed by atoms with Gasteiger partial charge in [-0.2, -0.15) is 0 Å². The molecule has 1 aromatic carbocycles. The number of fused-ring (bicyclic) bond motifs is 1. The molecule has 8 heteroatoms. The number of hydrogen-bond acceptors (Lipinski definition) is 5. The van der Waals surface area contributed by atoms with Crippen LogP contribution in [0, 0.1) is 5.92 Å². The third kappa shape index (κ3) is 4.16. The van der Waals surface area contributed by atoms with Crippen molar-refractivity contribution in [3.8, 4) is 11.5 Å². The molecule has 1 amide bonds. The van der Waals surface area contributed by atoms with Gasteiger partial charge in [0.25, 0.3) is 5.91 Å². The van der Waals surface area contributed by atoms with Crippen molar-refractivity contribution >= 4 is 34.2 Å². The number of aromatic nitrogens is 1. The number of amides is 1. The summed E-state index contributed by atoms with van der Waals surface area (Å²) in [4.78, 5) is 27.7. The molecule has 2 aromatic rings. The Kier molecular flexibility index (Phi) is 5.92. The Bertz CT molecular complexity index is 851. The number of carboxylic acid groups (broad SMARTS) is 1. The molecule has 0 radical (unpaired) electrons. The predicted molar refractivity (Wildman–Crippen MR) is 97.9 cm³/mol. The van der Waals surface area contributed by atoms with Gasteiger partial charge in [0, 0.05) is 10.8 Å². The fourth-order valence-corrected chi connectivity index (χ4v) is 2.71. The second kappa shape index (κ2) is 7.78. The lowest BCUT2D eigenvalue weighted by atomic mass is 10.0. The van der Waals surface area contributed by atoms with E-state index in [1.54, 1.807) is 32.0 Å². The first-order valence-corrected chi connectivity index (χ1v) is 8.52. The zero-order valence-electron chi connectivity index (χ0n) is 14.9. The van der Waals surface area contributed by atoms with Gasteiger partial charge in [0.05, 0.1) is 6.10 Å². The maximum atomic E-state index is 12.5. The highest BCUT2D eigenvalue weighted by Crippen LogP contribution is 2.34. The van der Waals surface area contributed by atoms with Crippen LogP contribution in [0.15, 0.2) is 18.2 Å². The van der Waals surface area contributed by atoms with Gasteiger partial charge in [0.15, 0.2) is 11.4 Å². The summed E-state index contributed by atoms with van der Waals surface area (Å²) in [6, 6.07) is 3.77. The fraction of sp³-hybridized carbons (Fsp3) is 0.389. The molecule has 3 N–H and O–H groups in total. The fourth-order valence-electron chi connectivity index (χ4n) is 2.47. The van der Waals surface area contributed by atoms with Crippen LogP contribution in [0.25, 0.3) is 10.8 Å². The first-order valence-electron chi connectivity index (χ1n) is 8.14. The number of carboxylic acids is 1. The third-order valence-electron chi connectivity index (χ3n) is 3.71. The third-order valence-corrected chi connectivity index (χ3v) is 4.00. The van der Waals surface area contributed by atoms with E-state index >= 15 is 0 Å². The van der Waals surface area contributed by atoms with E-state index in [9.17, 15) is 19.8 Å². The molecule has 0 aliphatic rings. The lowest BCUT2D eigenvalue weighted by Crippen LogP contribution is -2.44. The number of carbonyl (C=O) groups is 2. The number of nitrogens with one attached hydrogen (secondary N) is 1. The predicted octanol–water partition coefficient (Wildman–Crippen LogP) is 3.22. The monoisotopic (exact) mass is 380 g/mol. The quantitative estimate of drug-likeness (QED) is 0.664. The van der Waals surface area contributed by atoms with Crippen molar-refractivity contribution in [1.82, 2.24) is 10.3 Å². The van der Waals surface area contributed by atoms with Crippen LogP contribution < -0.4 is 10.1 Å². The van der Waals surface area contributed by atoms with Crippen molar-refractivity contribution in [2.75, 3.05) is 0 Å². The Morgan fingerprint density at radius 2 is 1.85 bits per heavy atom. The molecule has 0 saturated carbocycles. The van der Waals surface area contributed by atoms with Crippen LogP contribution in [0.2, 0.25) is 5.15 Å². The minimum atomic E-state index is -1.17. The molecule has 26 heavy (non-hydrogen) atoms. The molecule has 0 aliphatic carbocycles. The molecule has 0 saturated heterocycles. The Labute approximate surface area is 155 Å². The van der Waals surface area contributed by atoms with Crippen molar-refractivity contribution in [3.63, 3.8) is 0 Å². The molecule has 1 atom stereocenters. The van der Waals surface area contributed by atoms with Crippen LogP contribution in [0.1, 0.15) is 38.2 Å². The van der Waals surface area contributed by atoms with E-state index in [1.807, 2.05) is 13.8 Å². The number of benzene rings is 1. The number of rotatable bonds is 6. The minimum Gasteiger partial charge on any atom is -0.505 e. The molecule has 140 valence electrons. The summed E-state index contributed by atoms with van der Waals surface area (Å²) >= 11 is 6.14. The number of nitrogens with zero attached hydrogens (tertiary/aromatic N) is 1. The number of ether oxygens (including phenoxy) is 1. The van der Waals surface area contributed by atoms with Gasteiger partial charge in [-0.15, -0.1) is 0 Å². The van der Waals surface area contributed by atoms with Gasteiger partial charge >= 0.3 is 5.97 Å². The normalized spacial score (nSPS) is 12.4. The van der Waals surface area contributed by atoms with Crippen LogP contribution in [-0.4, -0.2) is 39.2 Å². The van der Waals surface area contributed by atoms with Gasteiger partial charge in [0.2, 0.25) is 0 Å². The Morgan fingerprint density at radius 3 is 2.38 bits per heavy atom. The zero-order chi connectivity index (χ0) is 19.6. The van der Waals surface area contributed by atoms with E-state index in [0.29, 0.717) is 16.5 Å². The smallest absolute Gasteiger partial charge is 0.326 e. The van der Waals surface area contributed by atoms with Gasteiger partial charge in [-0.1, -0.05) is 25.4 Å². The van der Waals surface area contributed by atoms with Crippen LogP contribution in [0.3, 0.4) is 0 Å². The van der Waals surface area contributed by atoms with E-state index in [2.05, 4.69) is 10.3 Å². The molecule has 0 bridgehead atoms. The average molecular weight is 381 g/mol. The van der Waals surface area contributed by atoms with E-state index in [-0.39, 0.29) is 28.6 Å². The minimum absolute atomic E-state index is 0.0236. The average Bonchev–Trinajstić information content (AvgIpc) is 2.54. The van der Waals surface area contributed by atoms with E-state index in [1.165, 1.54) is 0 Å². The van der Waals surface area contributed by atoms with Crippen LogP contribution >= 0.6 is 11.6 Å². The highest BCUT2D eigenvalue weighted by Gasteiger charge is 2.27. The molecule has 1 unspecified atom stereocenters. The molecular weight excluding hydrogens is 360 g/mol. The second-order valence-corrected chi connectivity index (χ2v) is 6.87. The maximum absolute atomic E-state index is 12.5. The van der Waals surface area contributed by atoms with Gasteiger partial charge in [-0.05, 0) is 38.0 Å². The van der Waals surface area contributed by atoms with Crippen molar-refractivity contribution in [2.24, 2.45) is 5.92 Å². The maximum Gasteiger partial charge on any atom is 0.326 e. The summed E-state index contributed by atoms with van der Waals surface area (Å²) < 4.78 is 5.59. The van der Waals surface area contributed by atoms with Crippen LogP contribution in [0.5, 0.6) is 11.5 Å². The van der Waals surface area contributed by atoms with E-state index in [0.717, 1.165) is 0 Å². The van der Waals surface area contributed by atoms with Gasteiger partial charge in [-0.3, -0.25) is 4.79 Å². The number of pyridine rings is 1. The van der Waals surface area contributed by atoms with Crippen molar-refractivity contribution in [2.45, 2.75) is 39.8 Å². The molecule has 7 nitrogen and oxygen atoms in total. The summed E-state index contributed by atoms with van der Waals surface area (Å²) in [5, 5.41) is 22.9. The topological polar surface area (TPSA) is 109 Å². The SMILES string of the molecule is CC(C)Oc1ccc2c(Cl)nc(C(=O)NC(C(=O)O)C(C)C)c(O)c2c1. The number of halogens is 1. The van der Waals surface area contributed by atoms with Gasteiger partial charge in [0.1, 0.15) is 16.9 Å². The number of carbonyl (C=O) groups excluding carboxylic acids is 1. The first kappa shape index (κ1) is 19.8. The van der Waals surface area contributed by atoms with Gasteiger partial charge < -0.3 is 20.3 Å². The Morgan fingerprint density at radius 1 is 1.19 bits per heavy atom. The van der Waals surface area contributed by atoms with Gasteiger partial charge in [-0.25, -0.2) is 9.78 Å². The molecule has 0 spiro atoms. The summed E-state index contributed by atoms with van der Waals surface area (Å²) in [5.74, 6) is -2.22. The molecular formula is C18H21ClN2O5. The largest absolute Gasteiger partial charge is 0.505 e. The Balaban J connectivity index is 2.48. The molecule has 0 fully saturated rings. The highest BCUT2D eigenvalue weighted by atomic mass is 35.5. The van der Waals surface area contributed by atoms with Crippen molar-refractivity contribution < 1.29 is 24.5 Å². The first-order chi connectivity index (χ1) is 12.1. The molecule has 1 heterocycles. The van der Waals surface area contributed by atoms with Crippen molar-refractivity contribution in [1.29, 1.82) is 0 Å². The summed E-state index contributed by atoms with van der Waals surface area (Å²) in [5.41, 5.74) is -0.337. The summed E-state index contributed by atoms with van der Waals surface area (Å²) in [6.45, 7) is 7.05. The Hall–Kier alpha value is -2.54. The summed E-state index contributed by atoms with van der Waals surface area (Å²) in [6.07, 6.45) is -0.0722. The molecule has 2 rings (SSSR count). The number of aliphatic carboxylic acids is 1. The molecule has 1 aromatic heterocycles. The zero-order valence-corrected chi connectivity index (χ0v) is 15.7. The van der Waals surface area contributed by atoms with E-state index < -0.39 is 17.9 Å².